The van der Waals surface area contributed by atoms with Gasteiger partial charge in [-0.2, -0.15) is 0 Å². The Hall–Kier alpha value is -3.61. The van der Waals surface area contributed by atoms with Crippen LogP contribution in [0.3, 0.4) is 0 Å². The standard InChI is InChI=1S/C27H31N3O4/c1-7-29-22-14-23(34-6)18(12-19(22)17(3)15-27(29,4)5)13-20-24(31)28-26(33)30(25(20)32)21-11-9-8-10-16(21)2/h8-14,17H,7,15H2,1-6H3,(H,28,31,33)/b20-13-. The summed E-state index contributed by atoms with van der Waals surface area (Å²) in [6.45, 7) is 11.5. The van der Waals surface area contributed by atoms with Crippen molar-refractivity contribution in [2.45, 2.75) is 52.5 Å². The first kappa shape index (κ1) is 23.5. The molecule has 0 bridgehead atoms. The molecule has 0 aliphatic carbocycles. The molecule has 1 unspecified atom stereocenters. The van der Waals surface area contributed by atoms with Crippen molar-refractivity contribution >= 4 is 35.3 Å². The van der Waals surface area contributed by atoms with Gasteiger partial charge in [-0.05, 0) is 69.4 Å². The Balaban J connectivity index is 1.83. The van der Waals surface area contributed by atoms with Crippen LogP contribution in [0.5, 0.6) is 5.75 Å². The van der Waals surface area contributed by atoms with Crippen LogP contribution in [0.15, 0.2) is 42.0 Å². The Morgan fingerprint density at radius 3 is 2.50 bits per heavy atom. The molecule has 4 rings (SSSR count). The van der Waals surface area contributed by atoms with Gasteiger partial charge in [-0.15, -0.1) is 0 Å². The van der Waals surface area contributed by atoms with Gasteiger partial charge in [-0.3, -0.25) is 14.9 Å². The highest BCUT2D eigenvalue weighted by Crippen LogP contribution is 2.46. The molecule has 2 aliphatic heterocycles. The zero-order valence-electron chi connectivity index (χ0n) is 20.6. The van der Waals surface area contributed by atoms with Crippen molar-refractivity contribution in [3.63, 3.8) is 0 Å². The van der Waals surface area contributed by atoms with E-state index in [2.05, 4.69) is 37.9 Å². The topological polar surface area (TPSA) is 79.0 Å². The lowest BCUT2D eigenvalue weighted by Crippen LogP contribution is -2.54. The van der Waals surface area contributed by atoms with Crippen LogP contribution in [-0.4, -0.2) is 37.0 Å². The Bertz CT molecular complexity index is 1210. The zero-order valence-corrected chi connectivity index (χ0v) is 20.6. The molecule has 1 saturated heterocycles. The number of amides is 4. The van der Waals surface area contributed by atoms with E-state index in [-0.39, 0.29) is 17.0 Å². The Morgan fingerprint density at radius 1 is 1.15 bits per heavy atom. The van der Waals surface area contributed by atoms with Gasteiger partial charge in [0.25, 0.3) is 11.8 Å². The number of urea groups is 1. The Kier molecular flexibility index (Phi) is 5.98. The lowest BCUT2D eigenvalue weighted by Gasteiger charge is -2.47. The molecule has 4 amide bonds. The van der Waals surface area contributed by atoms with E-state index in [0.717, 1.165) is 34.7 Å². The van der Waals surface area contributed by atoms with Gasteiger partial charge in [0, 0.05) is 29.4 Å². The van der Waals surface area contributed by atoms with E-state index < -0.39 is 17.8 Å². The summed E-state index contributed by atoms with van der Waals surface area (Å²) in [5.74, 6) is -0.525. The summed E-state index contributed by atoms with van der Waals surface area (Å²) in [5, 5.41) is 2.30. The lowest BCUT2D eigenvalue weighted by atomic mass is 9.79. The van der Waals surface area contributed by atoms with Crippen molar-refractivity contribution in [1.82, 2.24) is 5.32 Å². The number of hydrogen-bond acceptors (Lipinski definition) is 5. The predicted octanol–water partition coefficient (Wildman–Crippen LogP) is 4.78. The monoisotopic (exact) mass is 461 g/mol. The van der Waals surface area contributed by atoms with Crippen LogP contribution in [0.25, 0.3) is 6.08 Å². The average Bonchev–Trinajstić information content (AvgIpc) is 2.77. The highest BCUT2D eigenvalue weighted by Gasteiger charge is 2.39. The number of methoxy groups -OCH3 is 1. The van der Waals surface area contributed by atoms with Gasteiger partial charge in [-0.25, -0.2) is 9.69 Å². The first-order valence-electron chi connectivity index (χ1n) is 11.6. The predicted molar refractivity (Wildman–Crippen MR) is 133 cm³/mol. The summed E-state index contributed by atoms with van der Waals surface area (Å²) < 4.78 is 5.68. The number of carbonyl (C=O) groups is 3. The fourth-order valence-electron chi connectivity index (χ4n) is 5.26. The van der Waals surface area contributed by atoms with Gasteiger partial charge in [0.15, 0.2) is 0 Å². The maximum atomic E-state index is 13.4. The van der Waals surface area contributed by atoms with Crippen LogP contribution in [0, 0.1) is 6.92 Å². The molecule has 2 aromatic rings. The summed E-state index contributed by atoms with van der Waals surface area (Å²) in [6, 6.07) is 10.3. The number of benzene rings is 2. The minimum atomic E-state index is -0.756. The van der Waals surface area contributed by atoms with Crippen molar-refractivity contribution in [2.75, 3.05) is 23.5 Å². The molecule has 7 heteroatoms. The first-order chi connectivity index (χ1) is 16.1. The zero-order chi connectivity index (χ0) is 24.8. The third-order valence-corrected chi connectivity index (χ3v) is 6.81. The number of hydrogen-bond donors (Lipinski definition) is 1. The highest BCUT2D eigenvalue weighted by atomic mass is 16.5. The number of fused-ring (bicyclic) bond motifs is 1. The number of aryl methyl sites for hydroxylation is 1. The summed E-state index contributed by atoms with van der Waals surface area (Å²) in [5.41, 5.74) is 3.95. The van der Waals surface area contributed by atoms with E-state index in [1.807, 2.05) is 31.2 Å². The van der Waals surface area contributed by atoms with Gasteiger partial charge in [-0.1, -0.05) is 25.1 Å². The Labute approximate surface area is 200 Å². The molecule has 0 spiro atoms. The number of barbiturate groups is 1. The summed E-state index contributed by atoms with van der Waals surface area (Å²) in [7, 11) is 1.57. The number of nitrogens with one attached hydrogen (secondary N) is 1. The minimum Gasteiger partial charge on any atom is -0.496 e. The normalized spacial score (nSPS) is 20.9. The number of ether oxygens (including phenoxy) is 1. The second kappa shape index (κ2) is 8.63. The SMILES string of the molecule is CCN1c2cc(OC)c(/C=C3/C(=O)NC(=O)N(c4ccccc4C)C3=O)cc2C(C)CC1(C)C. The molecular formula is C27H31N3O4. The average molecular weight is 462 g/mol. The molecule has 178 valence electrons. The molecule has 0 aromatic heterocycles. The van der Waals surface area contributed by atoms with Crippen LogP contribution < -0.4 is 19.9 Å². The first-order valence-corrected chi connectivity index (χ1v) is 11.6. The maximum absolute atomic E-state index is 13.4. The summed E-state index contributed by atoms with van der Waals surface area (Å²) in [4.78, 5) is 42.0. The van der Waals surface area contributed by atoms with Gasteiger partial charge < -0.3 is 9.64 Å². The quantitative estimate of drug-likeness (QED) is 0.524. The van der Waals surface area contributed by atoms with Crippen molar-refractivity contribution in [1.29, 1.82) is 0 Å². The third-order valence-electron chi connectivity index (χ3n) is 6.81. The van der Waals surface area contributed by atoms with Crippen LogP contribution in [0.2, 0.25) is 0 Å². The molecule has 2 aliphatic rings. The molecule has 1 atom stereocenters. The number of carbonyl (C=O) groups excluding carboxylic acids is 3. The van der Waals surface area contributed by atoms with E-state index in [9.17, 15) is 14.4 Å². The fourth-order valence-corrected chi connectivity index (χ4v) is 5.26. The molecule has 2 heterocycles. The molecule has 2 aromatic carbocycles. The number of rotatable bonds is 4. The minimum absolute atomic E-state index is 0.000211. The maximum Gasteiger partial charge on any atom is 0.335 e. The number of anilines is 2. The smallest absolute Gasteiger partial charge is 0.335 e. The third kappa shape index (κ3) is 3.85. The Morgan fingerprint density at radius 2 is 1.85 bits per heavy atom. The second-order valence-corrected chi connectivity index (χ2v) is 9.56. The lowest BCUT2D eigenvalue weighted by molar-refractivity contribution is -0.122. The van der Waals surface area contributed by atoms with Crippen LogP contribution in [0.4, 0.5) is 16.2 Å². The second-order valence-electron chi connectivity index (χ2n) is 9.56. The van der Waals surface area contributed by atoms with Crippen molar-refractivity contribution in [3.05, 3.63) is 58.7 Å². The molecule has 1 fully saturated rings. The van der Waals surface area contributed by atoms with E-state index in [4.69, 9.17) is 4.74 Å². The van der Waals surface area contributed by atoms with E-state index in [0.29, 0.717) is 17.0 Å². The van der Waals surface area contributed by atoms with Gasteiger partial charge >= 0.3 is 6.03 Å². The largest absolute Gasteiger partial charge is 0.496 e. The molecule has 1 N–H and O–H groups in total. The fraction of sp³-hybridized carbons (Fsp3) is 0.370. The van der Waals surface area contributed by atoms with Crippen molar-refractivity contribution < 1.29 is 19.1 Å². The number of para-hydroxylation sites is 1. The molecular weight excluding hydrogens is 430 g/mol. The summed E-state index contributed by atoms with van der Waals surface area (Å²) >= 11 is 0. The van der Waals surface area contributed by atoms with Crippen LogP contribution >= 0.6 is 0 Å². The molecule has 0 saturated carbocycles. The van der Waals surface area contributed by atoms with Gasteiger partial charge in [0.2, 0.25) is 0 Å². The van der Waals surface area contributed by atoms with E-state index in [1.54, 1.807) is 19.2 Å². The van der Waals surface area contributed by atoms with Crippen LogP contribution in [0.1, 0.15) is 56.7 Å². The van der Waals surface area contributed by atoms with E-state index >= 15 is 0 Å². The van der Waals surface area contributed by atoms with Crippen molar-refractivity contribution in [2.24, 2.45) is 0 Å². The van der Waals surface area contributed by atoms with Crippen molar-refractivity contribution in [3.8, 4) is 5.75 Å². The number of nitrogens with zero attached hydrogens (tertiary/aromatic N) is 2. The molecule has 34 heavy (non-hydrogen) atoms. The highest BCUT2D eigenvalue weighted by molar-refractivity contribution is 6.39. The van der Waals surface area contributed by atoms with Crippen LogP contribution in [-0.2, 0) is 9.59 Å². The van der Waals surface area contributed by atoms with Gasteiger partial charge in [0.05, 0.1) is 12.8 Å². The number of imide groups is 2. The molecule has 0 radical (unpaired) electrons. The van der Waals surface area contributed by atoms with E-state index in [1.165, 1.54) is 6.08 Å². The molecule has 7 nitrogen and oxygen atoms in total. The van der Waals surface area contributed by atoms with Gasteiger partial charge in [0.1, 0.15) is 11.3 Å². The summed E-state index contributed by atoms with van der Waals surface area (Å²) in [6.07, 6.45) is 2.50.